The number of sulfonamides is 1. The van der Waals surface area contributed by atoms with Gasteiger partial charge in [-0.15, -0.1) is 0 Å². The lowest BCUT2D eigenvalue weighted by atomic mass is 10.2. The summed E-state index contributed by atoms with van der Waals surface area (Å²) in [4.78, 5) is 13.7. The van der Waals surface area contributed by atoms with Crippen LogP contribution < -0.4 is 9.62 Å². The molecule has 2 aromatic rings. The first-order valence-electron chi connectivity index (χ1n) is 7.56. The van der Waals surface area contributed by atoms with E-state index in [1.807, 2.05) is 0 Å². The molecule has 2 aromatic carbocycles. The fourth-order valence-electron chi connectivity index (χ4n) is 2.56. The van der Waals surface area contributed by atoms with Crippen molar-refractivity contribution in [2.45, 2.75) is 30.7 Å². The Hall–Kier alpha value is -2.05. The molecule has 0 unspecified atom stereocenters. The highest BCUT2D eigenvalue weighted by Crippen LogP contribution is 2.36. The highest BCUT2D eigenvalue weighted by Gasteiger charge is 2.33. The number of nitrogens with one attached hydrogen (secondary N) is 1. The van der Waals surface area contributed by atoms with E-state index in [9.17, 15) is 13.2 Å². The molecule has 0 atom stereocenters. The van der Waals surface area contributed by atoms with Crippen LogP contribution in [0.2, 0.25) is 5.02 Å². The van der Waals surface area contributed by atoms with Crippen LogP contribution in [0.4, 0.5) is 11.4 Å². The van der Waals surface area contributed by atoms with Gasteiger partial charge in [0, 0.05) is 18.0 Å². The van der Waals surface area contributed by atoms with Gasteiger partial charge >= 0.3 is 0 Å². The van der Waals surface area contributed by atoms with Crippen molar-refractivity contribution in [2.24, 2.45) is 0 Å². The van der Waals surface area contributed by atoms with Crippen LogP contribution in [0.25, 0.3) is 0 Å². The third-order valence-electron chi connectivity index (χ3n) is 3.77. The SMILES string of the molecule is CC(=O)N(c1ccccc1NS(=O)(=O)c1cccc(Cl)c1)C1CC1. The number of carbonyl (C=O) groups excluding carboxylic acids is 1. The maximum absolute atomic E-state index is 12.6. The van der Waals surface area contributed by atoms with Gasteiger partial charge in [0.1, 0.15) is 0 Å². The lowest BCUT2D eigenvalue weighted by molar-refractivity contribution is -0.116. The zero-order chi connectivity index (χ0) is 17.3. The summed E-state index contributed by atoms with van der Waals surface area (Å²) in [5.74, 6) is -0.105. The van der Waals surface area contributed by atoms with Gasteiger partial charge in [-0.3, -0.25) is 9.52 Å². The van der Waals surface area contributed by atoms with E-state index >= 15 is 0 Å². The maximum atomic E-state index is 12.6. The summed E-state index contributed by atoms with van der Waals surface area (Å²) in [6.07, 6.45) is 1.85. The van der Waals surface area contributed by atoms with E-state index in [1.165, 1.54) is 19.1 Å². The molecule has 0 heterocycles. The third-order valence-corrected chi connectivity index (χ3v) is 5.36. The molecule has 5 nitrogen and oxygen atoms in total. The topological polar surface area (TPSA) is 66.5 Å². The third kappa shape index (κ3) is 3.55. The van der Waals surface area contributed by atoms with Crippen molar-refractivity contribution in [1.82, 2.24) is 0 Å². The standard InChI is InChI=1S/C17H17ClN2O3S/c1-12(21)20(14-9-10-14)17-8-3-2-7-16(17)19-24(22,23)15-6-4-5-13(18)11-15/h2-8,11,14,19H,9-10H2,1H3. The Labute approximate surface area is 146 Å². The van der Waals surface area contributed by atoms with Crippen LogP contribution in [0.1, 0.15) is 19.8 Å². The number of carbonyl (C=O) groups is 1. The average Bonchev–Trinajstić information content (AvgIpc) is 3.33. The molecule has 1 saturated carbocycles. The van der Waals surface area contributed by atoms with Crippen LogP contribution >= 0.6 is 11.6 Å². The van der Waals surface area contributed by atoms with Crippen LogP contribution in [-0.4, -0.2) is 20.4 Å². The molecule has 1 aliphatic rings. The van der Waals surface area contributed by atoms with Gasteiger partial charge in [0.2, 0.25) is 5.91 Å². The predicted molar refractivity (Wildman–Crippen MR) is 94.9 cm³/mol. The number of anilines is 2. The molecular weight excluding hydrogens is 348 g/mol. The Morgan fingerprint density at radius 3 is 2.50 bits per heavy atom. The fraction of sp³-hybridized carbons (Fsp3) is 0.235. The summed E-state index contributed by atoms with van der Waals surface area (Å²) in [5.41, 5.74) is 0.942. The normalized spacial score (nSPS) is 14.2. The van der Waals surface area contributed by atoms with E-state index in [4.69, 9.17) is 11.6 Å². The zero-order valence-corrected chi connectivity index (χ0v) is 14.6. The van der Waals surface area contributed by atoms with Gasteiger partial charge in [0.05, 0.1) is 16.3 Å². The molecule has 1 N–H and O–H groups in total. The van der Waals surface area contributed by atoms with Crippen molar-refractivity contribution in [3.63, 3.8) is 0 Å². The lowest BCUT2D eigenvalue weighted by Gasteiger charge is -2.24. The molecule has 0 saturated heterocycles. The highest BCUT2D eigenvalue weighted by molar-refractivity contribution is 7.92. The minimum atomic E-state index is -3.80. The summed E-state index contributed by atoms with van der Waals surface area (Å²) in [5, 5.41) is 0.342. The van der Waals surface area contributed by atoms with Crippen molar-refractivity contribution < 1.29 is 13.2 Å². The summed E-state index contributed by atoms with van der Waals surface area (Å²) < 4.78 is 27.8. The molecule has 0 aliphatic heterocycles. The van der Waals surface area contributed by atoms with Crippen LogP contribution in [0.15, 0.2) is 53.4 Å². The molecule has 1 aliphatic carbocycles. The zero-order valence-electron chi connectivity index (χ0n) is 13.1. The molecule has 7 heteroatoms. The first kappa shape index (κ1) is 16.8. The fourth-order valence-corrected chi connectivity index (χ4v) is 3.94. The number of hydrogen-bond acceptors (Lipinski definition) is 3. The minimum absolute atomic E-state index is 0.0746. The smallest absolute Gasteiger partial charge is 0.262 e. The number of hydrogen-bond donors (Lipinski definition) is 1. The quantitative estimate of drug-likeness (QED) is 0.880. The van der Waals surface area contributed by atoms with Crippen molar-refractivity contribution in [1.29, 1.82) is 0 Å². The number of amides is 1. The van der Waals surface area contributed by atoms with Gasteiger partial charge in [-0.2, -0.15) is 0 Å². The second kappa shape index (κ2) is 6.45. The molecule has 126 valence electrons. The van der Waals surface area contributed by atoms with Crippen molar-refractivity contribution in [3.05, 3.63) is 53.6 Å². The number of rotatable bonds is 5. The molecule has 24 heavy (non-hydrogen) atoms. The molecule has 0 radical (unpaired) electrons. The van der Waals surface area contributed by atoms with E-state index < -0.39 is 10.0 Å². The Morgan fingerprint density at radius 2 is 1.88 bits per heavy atom. The van der Waals surface area contributed by atoms with E-state index in [1.54, 1.807) is 41.3 Å². The van der Waals surface area contributed by atoms with E-state index in [0.29, 0.717) is 16.4 Å². The number of halogens is 1. The Bertz CT molecular complexity index is 879. The molecule has 0 bridgehead atoms. The Kier molecular flexibility index (Phi) is 4.51. The summed E-state index contributed by atoms with van der Waals surface area (Å²) in [7, 11) is -3.80. The van der Waals surface area contributed by atoms with E-state index in [0.717, 1.165) is 12.8 Å². The van der Waals surface area contributed by atoms with Gasteiger partial charge in [-0.1, -0.05) is 29.8 Å². The minimum Gasteiger partial charge on any atom is -0.308 e. The molecule has 1 amide bonds. The number of benzene rings is 2. The van der Waals surface area contributed by atoms with Gasteiger partial charge in [0.25, 0.3) is 10.0 Å². The van der Waals surface area contributed by atoms with Gasteiger partial charge in [-0.25, -0.2) is 8.42 Å². The van der Waals surface area contributed by atoms with Gasteiger partial charge in [-0.05, 0) is 43.2 Å². The second-order valence-electron chi connectivity index (χ2n) is 5.70. The monoisotopic (exact) mass is 364 g/mol. The van der Waals surface area contributed by atoms with Crippen molar-refractivity contribution in [2.75, 3.05) is 9.62 Å². The Morgan fingerprint density at radius 1 is 1.17 bits per heavy atom. The summed E-state index contributed by atoms with van der Waals surface area (Å²) in [6.45, 7) is 1.49. The van der Waals surface area contributed by atoms with Gasteiger partial charge < -0.3 is 4.90 Å². The first-order chi connectivity index (χ1) is 11.4. The second-order valence-corrected chi connectivity index (χ2v) is 7.82. The highest BCUT2D eigenvalue weighted by atomic mass is 35.5. The lowest BCUT2D eigenvalue weighted by Crippen LogP contribution is -2.31. The van der Waals surface area contributed by atoms with Crippen LogP contribution in [0, 0.1) is 0 Å². The summed E-state index contributed by atoms with van der Waals surface area (Å²) in [6, 6.07) is 13.1. The maximum Gasteiger partial charge on any atom is 0.262 e. The number of nitrogens with zero attached hydrogens (tertiary/aromatic N) is 1. The molecule has 1 fully saturated rings. The molecule has 0 aromatic heterocycles. The van der Waals surface area contributed by atoms with Gasteiger partial charge in [0.15, 0.2) is 0 Å². The average molecular weight is 365 g/mol. The predicted octanol–water partition coefficient (Wildman–Crippen LogP) is 3.66. The van der Waals surface area contributed by atoms with Crippen molar-refractivity contribution in [3.8, 4) is 0 Å². The molecule has 3 rings (SSSR count). The van der Waals surface area contributed by atoms with Crippen molar-refractivity contribution >= 4 is 38.9 Å². The van der Waals surface area contributed by atoms with Crippen LogP contribution in [-0.2, 0) is 14.8 Å². The Balaban J connectivity index is 1.97. The van der Waals surface area contributed by atoms with E-state index in [-0.39, 0.29) is 16.8 Å². The first-order valence-corrected chi connectivity index (χ1v) is 9.42. The van der Waals surface area contributed by atoms with Crippen LogP contribution in [0.3, 0.4) is 0 Å². The molecular formula is C17H17ClN2O3S. The largest absolute Gasteiger partial charge is 0.308 e. The van der Waals surface area contributed by atoms with E-state index in [2.05, 4.69) is 4.72 Å². The molecule has 0 spiro atoms. The number of para-hydroxylation sites is 2. The van der Waals surface area contributed by atoms with Crippen LogP contribution in [0.5, 0.6) is 0 Å². The summed E-state index contributed by atoms with van der Waals surface area (Å²) >= 11 is 5.88.